The van der Waals surface area contributed by atoms with E-state index in [2.05, 4.69) is 69.0 Å². The Kier molecular flexibility index (Phi) is 12.6. The molecule has 0 unspecified atom stereocenters. The first-order valence-corrected chi connectivity index (χ1v) is 16.6. The number of halogens is 16. The molecule has 4 aromatic rings. The van der Waals surface area contributed by atoms with Gasteiger partial charge in [-0.3, -0.25) is 4.79 Å². The second-order valence-corrected chi connectivity index (χ2v) is 14.0. The van der Waals surface area contributed by atoms with Gasteiger partial charge >= 0.3 is 24.7 Å². The van der Waals surface area contributed by atoms with Crippen molar-refractivity contribution >= 4 is 86.7 Å². The summed E-state index contributed by atoms with van der Waals surface area (Å²) in [5, 5.41) is 2.21. The van der Waals surface area contributed by atoms with Crippen LogP contribution in [0.3, 0.4) is 0 Å². The molecule has 0 heterocycles. The summed E-state index contributed by atoms with van der Waals surface area (Å²) >= 11 is 12.0. The molecule has 5 N–H and O–H groups in total. The van der Waals surface area contributed by atoms with E-state index in [0.717, 1.165) is 37.3 Å². The average molecular weight is 997 g/mol. The Morgan fingerprint density at radius 1 is 0.510 bits per heavy atom. The van der Waals surface area contributed by atoms with Crippen LogP contribution < -0.4 is 16.8 Å². The third kappa shape index (κ3) is 10.1. The number of carbonyl (C=O) groups excluding carboxylic acids is 1. The summed E-state index contributed by atoms with van der Waals surface area (Å²) in [4.78, 5) is 11.2. The minimum Gasteiger partial charge on any atom is -0.398 e. The predicted octanol–water partition coefficient (Wildman–Crippen LogP) is 13.3. The third-order valence-electron chi connectivity index (χ3n) is 6.79. The van der Waals surface area contributed by atoms with Gasteiger partial charge in [-0.1, -0.05) is 15.9 Å². The number of nitrogen functional groups attached to an aromatic ring is 2. The molecule has 4 rings (SSSR count). The highest BCUT2D eigenvalue weighted by Gasteiger charge is 2.41. The van der Waals surface area contributed by atoms with Gasteiger partial charge in [0, 0.05) is 36.2 Å². The number of anilines is 3. The number of hydrogen-bond donors (Lipinski definition) is 3. The topological polar surface area (TPSA) is 81.1 Å². The van der Waals surface area contributed by atoms with Crippen molar-refractivity contribution in [3.63, 3.8) is 0 Å². The number of alkyl halides is 12. The molecule has 0 aliphatic carbocycles. The Labute approximate surface area is 314 Å². The van der Waals surface area contributed by atoms with Crippen molar-refractivity contribution < 1.29 is 57.5 Å². The van der Waals surface area contributed by atoms with Crippen molar-refractivity contribution in [2.75, 3.05) is 16.8 Å². The summed E-state index contributed by atoms with van der Waals surface area (Å²) in [5.74, 6) is -0.620. The minimum absolute atomic E-state index is 0.0190. The van der Waals surface area contributed by atoms with Gasteiger partial charge in [-0.05, 0) is 131 Å². The van der Waals surface area contributed by atoms with Gasteiger partial charge in [-0.25, -0.2) is 0 Å². The molecule has 0 saturated carbocycles. The molecule has 0 radical (unpaired) electrons. The van der Waals surface area contributed by atoms with Gasteiger partial charge in [0.2, 0.25) is 5.91 Å². The highest BCUT2D eigenvalue weighted by molar-refractivity contribution is 9.11. The van der Waals surface area contributed by atoms with E-state index in [-0.39, 0.29) is 40.5 Å². The fourth-order valence-electron chi connectivity index (χ4n) is 4.55. The molecule has 0 fully saturated rings. The zero-order chi connectivity index (χ0) is 39.2. The number of carbonyl (C=O) groups is 1. The standard InChI is InChI=1S/C17H11Br2F6NO.C14H8Br2F6N2/c1-7-3-11(16(20,21)22)9(4-13(7)18)10-5-14(19)15(26-8(2)27)6-12(10)17(23,24)25;15-9-1-5(7(3-11(9)23)13(17,18)19)6-2-10(16)12(24)4-8(6)14(20,21)22/h3-6H,1-2H3,(H,26,27);1-4H,23-24H2. The Balaban J connectivity index is 0.000000277. The van der Waals surface area contributed by atoms with Crippen LogP contribution in [0.15, 0.2) is 66.4 Å². The largest absolute Gasteiger partial charge is 0.417 e. The molecule has 1 amide bonds. The van der Waals surface area contributed by atoms with Crippen LogP contribution >= 0.6 is 63.7 Å². The maximum Gasteiger partial charge on any atom is 0.417 e. The smallest absolute Gasteiger partial charge is 0.398 e. The lowest BCUT2D eigenvalue weighted by molar-refractivity contribution is -0.139. The van der Waals surface area contributed by atoms with Gasteiger partial charge in [0.25, 0.3) is 0 Å². The summed E-state index contributed by atoms with van der Waals surface area (Å²) in [6.45, 7) is 2.51. The maximum atomic E-state index is 13.6. The third-order valence-corrected chi connectivity index (χ3v) is 9.68. The molecule has 0 aliphatic heterocycles. The number of nitrogens with two attached hydrogens (primary N) is 2. The first-order valence-electron chi connectivity index (χ1n) is 13.4. The Bertz CT molecular complexity index is 1920. The van der Waals surface area contributed by atoms with Crippen LogP contribution in [-0.2, 0) is 29.5 Å². The number of amides is 1. The van der Waals surface area contributed by atoms with E-state index >= 15 is 0 Å². The van der Waals surface area contributed by atoms with Gasteiger partial charge in [0.05, 0.1) is 27.9 Å². The molecule has 0 aliphatic rings. The monoisotopic (exact) mass is 993 g/mol. The summed E-state index contributed by atoms with van der Waals surface area (Å²) in [7, 11) is 0. The molecule has 276 valence electrons. The molecular weight excluding hydrogens is 978 g/mol. The van der Waals surface area contributed by atoms with E-state index in [1.807, 2.05) is 0 Å². The summed E-state index contributed by atoms with van der Waals surface area (Å²) < 4.78 is 161. The van der Waals surface area contributed by atoms with Crippen LogP contribution in [0.2, 0.25) is 0 Å². The Hall–Kier alpha value is -2.97. The summed E-state index contributed by atoms with van der Waals surface area (Å²) in [5.41, 5.74) is 2.82. The van der Waals surface area contributed by atoms with Crippen LogP contribution in [-0.4, -0.2) is 5.91 Å². The Morgan fingerprint density at radius 3 is 1.14 bits per heavy atom. The normalized spacial score (nSPS) is 12.4. The van der Waals surface area contributed by atoms with Crippen molar-refractivity contribution in [3.8, 4) is 22.3 Å². The average Bonchev–Trinajstić information content (AvgIpc) is 2.95. The van der Waals surface area contributed by atoms with E-state index in [1.54, 1.807) is 0 Å². The van der Waals surface area contributed by atoms with E-state index < -0.39 is 75.1 Å². The van der Waals surface area contributed by atoms with E-state index in [9.17, 15) is 57.5 Å². The van der Waals surface area contributed by atoms with Crippen LogP contribution in [0.1, 0.15) is 34.7 Å². The lowest BCUT2D eigenvalue weighted by atomic mass is 9.93. The Morgan fingerprint density at radius 2 is 0.804 bits per heavy atom. The first kappa shape index (κ1) is 42.4. The van der Waals surface area contributed by atoms with E-state index in [0.29, 0.717) is 18.2 Å². The molecule has 0 spiro atoms. The zero-order valence-electron chi connectivity index (χ0n) is 25.2. The highest BCUT2D eigenvalue weighted by atomic mass is 79.9. The SMILES string of the molecule is CC(=O)Nc1cc(C(F)(F)F)c(-c2cc(Br)c(C)cc2C(F)(F)F)cc1Br.Nc1cc(C(F)(F)F)c(-c2cc(Br)c(N)cc2C(F)(F)F)cc1Br. The van der Waals surface area contributed by atoms with Crippen LogP contribution in [0.25, 0.3) is 22.3 Å². The molecule has 4 nitrogen and oxygen atoms in total. The molecule has 0 atom stereocenters. The van der Waals surface area contributed by atoms with Crippen LogP contribution in [0, 0.1) is 6.92 Å². The number of nitrogens with one attached hydrogen (secondary N) is 1. The fourth-order valence-corrected chi connectivity index (χ4v) is 6.02. The number of aryl methyl sites for hydroxylation is 1. The first-order chi connectivity index (χ1) is 23.0. The lowest BCUT2D eigenvalue weighted by Gasteiger charge is -2.20. The summed E-state index contributed by atoms with van der Waals surface area (Å²) in [6.07, 6.45) is -19.6. The van der Waals surface area contributed by atoms with E-state index in [1.165, 1.54) is 6.92 Å². The summed E-state index contributed by atoms with van der Waals surface area (Å²) in [6, 6.07) is 6.31. The molecule has 0 saturated heterocycles. The second-order valence-electron chi connectivity index (χ2n) is 10.5. The van der Waals surface area contributed by atoms with Gasteiger partial charge in [-0.2, -0.15) is 52.7 Å². The molecule has 4 aromatic carbocycles. The minimum atomic E-state index is -4.94. The van der Waals surface area contributed by atoms with Gasteiger partial charge in [-0.15, -0.1) is 0 Å². The van der Waals surface area contributed by atoms with Gasteiger partial charge < -0.3 is 16.8 Å². The van der Waals surface area contributed by atoms with Crippen LogP contribution in [0.5, 0.6) is 0 Å². The lowest BCUT2D eigenvalue weighted by Crippen LogP contribution is -2.14. The zero-order valence-corrected chi connectivity index (χ0v) is 31.6. The maximum absolute atomic E-state index is 13.6. The molecule has 0 bridgehead atoms. The van der Waals surface area contributed by atoms with Crippen molar-refractivity contribution in [1.82, 2.24) is 0 Å². The number of hydrogen-bond acceptors (Lipinski definition) is 3. The predicted molar refractivity (Wildman–Crippen MR) is 182 cm³/mol. The number of rotatable bonds is 3. The van der Waals surface area contributed by atoms with Crippen LogP contribution in [0.4, 0.5) is 69.7 Å². The number of benzene rings is 4. The van der Waals surface area contributed by atoms with Crippen molar-refractivity contribution in [2.24, 2.45) is 0 Å². The van der Waals surface area contributed by atoms with Crippen molar-refractivity contribution in [2.45, 2.75) is 38.6 Å². The van der Waals surface area contributed by atoms with Gasteiger partial charge in [0.1, 0.15) is 0 Å². The molecule has 20 heteroatoms. The molecular formula is C31H19Br4F12N3O. The van der Waals surface area contributed by atoms with Gasteiger partial charge in [0.15, 0.2) is 0 Å². The molecule has 51 heavy (non-hydrogen) atoms. The molecule has 0 aromatic heterocycles. The van der Waals surface area contributed by atoms with E-state index in [4.69, 9.17) is 11.5 Å². The highest BCUT2D eigenvalue weighted by Crippen LogP contribution is 2.48. The fraction of sp³-hybridized carbons (Fsp3) is 0.194. The van der Waals surface area contributed by atoms with Crippen molar-refractivity contribution in [1.29, 1.82) is 0 Å². The quantitative estimate of drug-likeness (QED) is 0.141. The second kappa shape index (κ2) is 15.2. The van der Waals surface area contributed by atoms with Crippen molar-refractivity contribution in [3.05, 3.63) is 94.2 Å².